The number of amides is 2. The molecular formula is C26H28FN3O2S. The van der Waals surface area contributed by atoms with Crippen LogP contribution in [0.5, 0.6) is 0 Å². The van der Waals surface area contributed by atoms with E-state index < -0.39 is 11.9 Å². The van der Waals surface area contributed by atoms with Gasteiger partial charge >= 0.3 is 0 Å². The summed E-state index contributed by atoms with van der Waals surface area (Å²) in [5, 5.41) is 3.44. The number of carbonyl (C=O) groups is 2. The summed E-state index contributed by atoms with van der Waals surface area (Å²) in [6.07, 6.45) is 0.901. The highest BCUT2D eigenvalue weighted by Gasteiger charge is 2.21. The van der Waals surface area contributed by atoms with E-state index in [1.54, 1.807) is 12.1 Å². The van der Waals surface area contributed by atoms with Crippen LogP contribution in [0.15, 0.2) is 53.6 Å². The van der Waals surface area contributed by atoms with Crippen LogP contribution in [0.2, 0.25) is 0 Å². The molecule has 0 aliphatic rings. The van der Waals surface area contributed by atoms with E-state index in [0.717, 1.165) is 40.6 Å². The molecule has 0 fully saturated rings. The molecule has 2 aromatic carbocycles. The molecule has 33 heavy (non-hydrogen) atoms. The summed E-state index contributed by atoms with van der Waals surface area (Å²) in [5.41, 5.74) is 11.1. The van der Waals surface area contributed by atoms with E-state index in [1.807, 2.05) is 45.0 Å². The smallest absolute Gasteiger partial charge is 0.251 e. The Labute approximate surface area is 198 Å². The fraction of sp³-hybridized carbons (Fsp3) is 0.269. The summed E-state index contributed by atoms with van der Waals surface area (Å²) in [6.45, 7) is 7.64. The lowest BCUT2D eigenvalue weighted by atomic mass is 9.97. The van der Waals surface area contributed by atoms with Crippen molar-refractivity contribution in [1.29, 1.82) is 0 Å². The van der Waals surface area contributed by atoms with Gasteiger partial charge < -0.3 is 11.1 Å². The number of pyridine rings is 1. The first kappa shape index (κ1) is 24.5. The summed E-state index contributed by atoms with van der Waals surface area (Å²) in [6, 6.07) is 13.6. The van der Waals surface area contributed by atoms with Crippen LogP contribution >= 0.6 is 11.8 Å². The van der Waals surface area contributed by atoms with Crippen LogP contribution in [-0.2, 0) is 11.2 Å². The number of hydrogen-bond donors (Lipinski definition) is 2. The molecule has 1 atom stereocenters. The van der Waals surface area contributed by atoms with Crippen LogP contribution in [0.3, 0.4) is 0 Å². The van der Waals surface area contributed by atoms with Gasteiger partial charge in [-0.3, -0.25) is 9.59 Å². The van der Waals surface area contributed by atoms with Gasteiger partial charge in [0.05, 0.1) is 17.4 Å². The van der Waals surface area contributed by atoms with E-state index in [1.165, 1.54) is 17.7 Å². The van der Waals surface area contributed by atoms with Crippen molar-refractivity contribution in [3.05, 3.63) is 93.4 Å². The molecule has 5 nitrogen and oxygen atoms in total. The molecule has 0 saturated carbocycles. The first-order chi connectivity index (χ1) is 15.7. The number of nitrogens with one attached hydrogen (secondary N) is 1. The van der Waals surface area contributed by atoms with E-state index in [9.17, 15) is 14.0 Å². The van der Waals surface area contributed by atoms with Gasteiger partial charge in [-0.2, -0.15) is 0 Å². The minimum absolute atomic E-state index is 0.0358. The van der Waals surface area contributed by atoms with Gasteiger partial charge in [0.1, 0.15) is 10.8 Å². The molecule has 0 aliphatic heterocycles. The predicted molar refractivity (Wildman–Crippen MR) is 130 cm³/mol. The Morgan fingerprint density at radius 2 is 1.76 bits per heavy atom. The number of nitrogens with zero attached hydrogens (tertiary/aromatic N) is 1. The van der Waals surface area contributed by atoms with Crippen molar-refractivity contribution < 1.29 is 14.0 Å². The second kappa shape index (κ2) is 10.6. The zero-order valence-corrected chi connectivity index (χ0v) is 20.1. The van der Waals surface area contributed by atoms with Crippen molar-refractivity contribution in [1.82, 2.24) is 10.3 Å². The summed E-state index contributed by atoms with van der Waals surface area (Å²) >= 11 is 1.16. The molecular weight excluding hydrogens is 437 g/mol. The maximum atomic E-state index is 13.9. The maximum absolute atomic E-state index is 13.9. The Balaban J connectivity index is 1.84. The molecule has 172 valence electrons. The third-order valence-electron chi connectivity index (χ3n) is 5.76. The Hall–Kier alpha value is -3.19. The third-order valence-corrected chi connectivity index (χ3v) is 6.73. The van der Waals surface area contributed by atoms with E-state index in [0.29, 0.717) is 16.2 Å². The number of halogens is 1. The molecule has 0 unspecified atom stereocenters. The molecule has 0 bridgehead atoms. The normalized spacial score (nSPS) is 11.8. The van der Waals surface area contributed by atoms with E-state index in [4.69, 9.17) is 5.73 Å². The fourth-order valence-corrected chi connectivity index (χ4v) is 4.58. The van der Waals surface area contributed by atoms with Gasteiger partial charge in [-0.25, -0.2) is 9.37 Å². The van der Waals surface area contributed by atoms with Gasteiger partial charge in [0, 0.05) is 5.69 Å². The van der Waals surface area contributed by atoms with Crippen molar-refractivity contribution in [2.45, 2.75) is 45.2 Å². The van der Waals surface area contributed by atoms with Crippen molar-refractivity contribution in [3.8, 4) is 0 Å². The number of thioether (sulfide) groups is 1. The maximum Gasteiger partial charge on any atom is 0.251 e. The van der Waals surface area contributed by atoms with Gasteiger partial charge in [0.15, 0.2) is 0 Å². The van der Waals surface area contributed by atoms with E-state index >= 15 is 0 Å². The number of aromatic nitrogens is 1. The van der Waals surface area contributed by atoms with Crippen molar-refractivity contribution in [2.24, 2.45) is 5.73 Å². The summed E-state index contributed by atoms with van der Waals surface area (Å²) in [4.78, 5) is 29.4. The van der Waals surface area contributed by atoms with Gasteiger partial charge in [-0.15, -0.1) is 0 Å². The third kappa shape index (κ3) is 5.79. The molecule has 7 heteroatoms. The predicted octanol–water partition coefficient (Wildman–Crippen LogP) is 4.81. The van der Waals surface area contributed by atoms with Gasteiger partial charge in [-0.1, -0.05) is 55.1 Å². The highest BCUT2D eigenvalue weighted by atomic mass is 32.2. The molecule has 2 amide bonds. The summed E-state index contributed by atoms with van der Waals surface area (Å²) in [5.74, 6) is -1.16. The highest BCUT2D eigenvalue weighted by molar-refractivity contribution is 8.00. The van der Waals surface area contributed by atoms with Crippen LogP contribution in [-0.4, -0.2) is 22.6 Å². The van der Waals surface area contributed by atoms with Crippen LogP contribution in [0.4, 0.5) is 4.39 Å². The number of nitrogens with two attached hydrogens (primary N) is 1. The Morgan fingerprint density at radius 1 is 1.06 bits per heavy atom. The average molecular weight is 466 g/mol. The molecule has 3 aromatic rings. The van der Waals surface area contributed by atoms with Crippen molar-refractivity contribution in [3.63, 3.8) is 0 Å². The van der Waals surface area contributed by atoms with Crippen LogP contribution in [0, 0.1) is 26.6 Å². The first-order valence-corrected chi connectivity index (χ1v) is 11.7. The van der Waals surface area contributed by atoms with E-state index in [2.05, 4.69) is 17.2 Å². The minimum atomic E-state index is -0.570. The standard InChI is InChI=1S/C26H28FN3O2S/c1-5-18-9-11-19(12-10-18)24(20-7-6-8-21(27)13-20)30-22(31)14-33-26-23(25(28)32)16(3)15(2)17(4)29-26/h6-13,24H,5,14H2,1-4H3,(H2,28,32)(H,30,31)/t24-/m0/s1. The Morgan fingerprint density at radius 3 is 2.36 bits per heavy atom. The number of primary amides is 1. The van der Waals surface area contributed by atoms with Crippen molar-refractivity contribution in [2.75, 3.05) is 5.75 Å². The van der Waals surface area contributed by atoms with Crippen LogP contribution < -0.4 is 11.1 Å². The Kier molecular flexibility index (Phi) is 7.87. The van der Waals surface area contributed by atoms with Crippen LogP contribution in [0.25, 0.3) is 0 Å². The second-order valence-corrected chi connectivity index (χ2v) is 8.90. The first-order valence-electron chi connectivity index (χ1n) is 10.7. The number of rotatable bonds is 8. The topological polar surface area (TPSA) is 85.1 Å². The molecule has 1 heterocycles. The minimum Gasteiger partial charge on any atom is -0.366 e. The second-order valence-electron chi connectivity index (χ2n) is 7.93. The number of benzene rings is 2. The summed E-state index contributed by atoms with van der Waals surface area (Å²) < 4.78 is 13.9. The molecule has 0 radical (unpaired) electrons. The lowest BCUT2D eigenvalue weighted by Gasteiger charge is -2.20. The molecule has 3 rings (SSSR count). The van der Waals surface area contributed by atoms with Crippen molar-refractivity contribution >= 4 is 23.6 Å². The molecule has 0 aliphatic carbocycles. The molecule has 1 aromatic heterocycles. The van der Waals surface area contributed by atoms with Gasteiger partial charge in [-0.05, 0) is 67.1 Å². The van der Waals surface area contributed by atoms with Gasteiger partial charge in [0.25, 0.3) is 5.91 Å². The molecule has 0 spiro atoms. The fourth-order valence-electron chi connectivity index (χ4n) is 3.63. The zero-order chi connectivity index (χ0) is 24.1. The average Bonchev–Trinajstić information content (AvgIpc) is 2.79. The molecule has 3 N–H and O–H groups in total. The van der Waals surface area contributed by atoms with E-state index in [-0.39, 0.29) is 17.5 Å². The number of carbonyl (C=O) groups excluding carboxylic acids is 2. The number of aryl methyl sites for hydroxylation is 2. The SMILES string of the molecule is CCc1ccc([C@H](NC(=O)CSc2nc(C)c(C)c(C)c2C(N)=O)c2cccc(F)c2)cc1. The highest BCUT2D eigenvalue weighted by Crippen LogP contribution is 2.28. The largest absolute Gasteiger partial charge is 0.366 e. The summed E-state index contributed by atoms with van der Waals surface area (Å²) in [7, 11) is 0. The lowest BCUT2D eigenvalue weighted by Crippen LogP contribution is -2.31. The monoisotopic (exact) mass is 465 g/mol. The lowest BCUT2D eigenvalue weighted by molar-refractivity contribution is -0.119. The van der Waals surface area contributed by atoms with Gasteiger partial charge in [0.2, 0.25) is 5.91 Å². The number of hydrogen-bond acceptors (Lipinski definition) is 4. The Bertz CT molecular complexity index is 1180. The molecule has 0 saturated heterocycles. The van der Waals surface area contributed by atoms with Crippen LogP contribution in [0.1, 0.15) is 56.8 Å². The quantitative estimate of drug-likeness (QED) is 0.468. The zero-order valence-electron chi connectivity index (χ0n) is 19.2.